The molecule has 112 valence electrons. The third-order valence-electron chi connectivity index (χ3n) is 3.19. The smallest absolute Gasteiger partial charge is 0.253 e. The summed E-state index contributed by atoms with van der Waals surface area (Å²) in [6.45, 7) is 2.32. The molecule has 1 heterocycles. The zero-order chi connectivity index (χ0) is 15.4. The maximum atomic E-state index is 12.0. The largest absolute Gasteiger partial charge is 0.399 e. The van der Waals surface area contributed by atoms with Crippen LogP contribution in [0.2, 0.25) is 0 Å². The average molecular weight is 290 g/mol. The fraction of sp³-hybridized carbons (Fsp3) is 0.357. The van der Waals surface area contributed by atoms with Crippen LogP contribution in [0.3, 0.4) is 0 Å². The molecule has 21 heavy (non-hydrogen) atoms. The highest BCUT2D eigenvalue weighted by Gasteiger charge is 2.27. The molecule has 1 aromatic carbocycles. The highest BCUT2D eigenvalue weighted by molar-refractivity contribution is 6.04. The molecule has 5 N–H and O–H groups in total. The molecule has 0 spiro atoms. The van der Waals surface area contributed by atoms with Gasteiger partial charge < -0.3 is 16.4 Å². The van der Waals surface area contributed by atoms with Gasteiger partial charge in [-0.2, -0.15) is 0 Å². The fourth-order valence-corrected chi connectivity index (χ4v) is 2.15. The van der Waals surface area contributed by atoms with Gasteiger partial charge in [-0.05, 0) is 31.5 Å². The van der Waals surface area contributed by atoms with Crippen LogP contribution in [0.4, 0.5) is 11.4 Å². The number of anilines is 2. The van der Waals surface area contributed by atoms with Crippen molar-refractivity contribution < 1.29 is 14.4 Å². The van der Waals surface area contributed by atoms with Gasteiger partial charge in [-0.15, -0.1) is 0 Å². The number of nitrogen functional groups attached to an aromatic ring is 1. The molecule has 1 unspecified atom stereocenters. The Bertz CT molecular complexity index is 586. The van der Waals surface area contributed by atoms with Crippen LogP contribution in [0.15, 0.2) is 18.2 Å². The van der Waals surface area contributed by atoms with E-state index in [2.05, 4.69) is 16.0 Å². The first-order valence-corrected chi connectivity index (χ1v) is 6.79. The van der Waals surface area contributed by atoms with E-state index in [9.17, 15) is 14.4 Å². The molecule has 1 aliphatic rings. The summed E-state index contributed by atoms with van der Waals surface area (Å²) in [6, 6.07) is 4.28. The van der Waals surface area contributed by atoms with Crippen LogP contribution >= 0.6 is 0 Å². The van der Waals surface area contributed by atoms with E-state index in [4.69, 9.17) is 5.73 Å². The van der Waals surface area contributed by atoms with E-state index in [1.165, 1.54) is 0 Å². The molecule has 0 aliphatic carbocycles. The number of benzene rings is 1. The predicted octanol–water partition coefficient (Wildman–Crippen LogP) is 0.236. The molecule has 2 rings (SSSR count). The van der Waals surface area contributed by atoms with Crippen molar-refractivity contribution in [2.45, 2.75) is 25.8 Å². The topological polar surface area (TPSA) is 113 Å². The van der Waals surface area contributed by atoms with E-state index in [1.807, 2.05) is 6.92 Å². The van der Waals surface area contributed by atoms with E-state index in [0.717, 1.165) is 0 Å². The van der Waals surface area contributed by atoms with Crippen LogP contribution in [0, 0.1) is 0 Å². The molecule has 1 saturated heterocycles. The van der Waals surface area contributed by atoms with Gasteiger partial charge >= 0.3 is 0 Å². The Kier molecular flexibility index (Phi) is 4.42. The zero-order valence-electron chi connectivity index (χ0n) is 11.7. The van der Waals surface area contributed by atoms with Gasteiger partial charge in [0.1, 0.15) is 6.04 Å². The molecule has 0 saturated carbocycles. The van der Waals surface area contributed by atoms with Crippen molar-refractivity contribution >= 4 is 29.1 Å². The SMILES string of the molecule is CCNC(=O)c1ccc(N)cc1NC1CCC(=O)NC1=O. The number of carbonyl (C=O) groups excluding carboxylic acids is 3. The number of piperidine rings is 1. The molecule has 3 amide bonds. The third-order valence-corrected chi connectivity index (χ3v) is 3.19. The van der Waals surface area contributed by atoms with Crippen LogP contribution in [-0.2, 0) is 9.59 Å². The minimum Gasteiger partial charge on any atom is -0.399 e. The van der Waals surface area contributed by atoms with Gasteiger partial charge in [0.05, 0.1) is 5.56 Å². The standard InChI is InChI=1S/C14H18N4O3/c1-2-16-13(20)9-4-3-8(15)7-11(9)17-10-5-6-12(19)18-14(10)21/h3-4,7,10,17H,2,5-6,15H2,1H3,(H,16,20)(H,18,19,21). The van der Waals surface area contributed by atoms with Crippen LogP contribution < -0.4 is 21.7 Å². The number of hydrogen-bond acceptors (Lipinski definition) is 5. The second-order valence-electron chi connectivity index (χ2n) is 4.81. The number of imide groups is 1. The summed E-state index contributed by atoms with van der Waals surface area (Å²) in [4.78, 5) is 34.9. The summed E-state index contributed by atoms with van der Waals surface area (Å²) in [5.41, 5.74) is 7.12. The van der Waals surface area contributed by atoms with Crippen molar-refractivity contribution in [2.24, 2.45) is 0 Å². The Morgan fingerprint density at radius 3 is 2.86 bits per heavy atom. The Balaban J connectivity index is 2.22. The molecule has 0 aromatic heterocycles. The third kappa shape index (κ3) is 3.50. The number of nitrogens with two attached hydrogens (primary N) is 1. The Hall–Kier alpha value is -2.57. The van der Waals surface area contributed by atoms with Gasteiger partial charge in [0.15, 0.2) is 0 Å². The average Bonchev–Trinajstić information content (AvgIpc) is 2.42. The molecule has 1 aromatic rings. The molecular formula is C14H18N4O3. The maximum Gasteiger partial charge on any atom is 0.253 e. The first kappa shape index (κ1) is 14.8. The van der Waals surface area contributed by atoms with Crippen molar-refractivity contribution in [1.29, 1.82) is 0 Å². The van der Waals surface area contributed by atoms with Crippen LogP contribution in [0.25, 0.3) is 0 Å². The van der Waals surface area contributed by atoms with Crippen LogP contribution in [-0.4, -0.2) is 30.3 Å². The lowest BCUT2D eigenvalue weighted by Crippen LogP contribution is -2.47. The monoisotopic (exact) mass is 290 g/mol. The molecule has 0 bridgehead atoms. The normalized spacial score (nSPS) is 18.0. The number of amides is 3. The van der Waals surface area contributed by atoms with Gasteiger partial charge in [0.25, 0.3) is 5.91 Å². The second kappa shape index (κ2) is 6.25. The minimum absolute atomic E-state index is 0.243. The molecule has 1 atom stereocenters. The summed E-state index contributed by atoms with van der Waals surface area (Å²) >= 11 is 0. The summed E-state index contributed by atoms with van der Waals surface area (Å²) < 4.78 is 0. The van der Waals surface area contributed by atoms with Crippen molar-refractivity contribution in [3.8, 4) is 0 Å². The van der Waals surface area contributed by atoms with E-state index < -0.39 is 11.9 Å². The number of nitrogens with one attached hydrogen (secondary N) is 3. The quantitative estimate of drug-likeness (QED) is 0.468. The summed E-state index contributed by atoms with van der Waals surface area (Å²) in [5.74, 6) is -0.919. The van der Waals surface area contributed by atoms with E-state index in [0.29, 0.717) is 29.9 Å². The molecule has 7 nitrogen and oxygen atoms in total. The number of rotatable bonds is 4. The fourth-order valence-electron chi connectivity index (χ4n) is 2.15. The van der Waals surface area contributed by atoms with Gasteiger partial charge in [-0.25, -0.2) is 0 Å². The van der Waals surface area contributed by atoms with Gasteiger partial charge in [-0.3, -0.25) is 19.7 Å². The van der Waals surface area contributed by atoms with Gasteiger partial charge in [0.2, 0.25) is 11.8 Å². The van der Waals surface area contributed by atoms with E-state index >= 15 is 0 Å². The molecule has 1 aliphatic heterocycles. The molecule has 0 radical (unpaired) electrons. The van der Waals surface area contributed by atoms with Crippen LogP contribution in [0.5, 0.6) is 0 Å². The van der Waals surface area contributed by atoms with Crippen molar-refractivity contribution in [1.82, 2.24) is 10.6 Å². The van der Waals surface area contributed by atoms with Gasteiger partial charge in [-0.1, -0.05) is 0 Å². The van der Waals surface area contributed by atoms with Gasteiger partial charge in [0, 0.05) is 24.3 Å². The molecular weight excluding hydrogens is 272 g/mol. The lowest BCUT2D eigenvalue weighted by Gasteiger charge is -2.24. The first-order chi connectivity index (χ1) is 10.0. The number of hydrogen-bond donors (Lipinski definition) is 4. The summed E-state index contributed by atoms with van der Waals surface area (Å²) in [5, 5.41) is 7.96. The lowest BCUT2D eigenvalue weighted by atomic mass is 10.0. The lowest BCUT2D eigenvalue weighted by molar-refractivity contribution is -0.133. The second-order valence-corrected chi connectivity index (χ2v) is 4.81. The maximum absolute atomic E-state index is 12.0. The zero-order valence-corrected chi connectivity index (χ0v) is 11.7. The Labute approximate surface area is 122 Å². The highest BCUT2D eigenvalue weighted by Crippen LogP contribution is 2.22. The van der Waals surface area contributed by atoms with Crippen molar-refractivity contribution in [2.75, 3.05) is 17.6 Å². The number of carbonyl (C=O) groups is 3. The van der Waals surface area contributed by atoms with Crippen molar-refractivity contribution in [3.63, 3.8) is 0 Å². The Morgan fingerprint density at radius 1 is 1.43 bits per heavy atom. The van der Waals surface area contributed by atoms with E-state index in [-0.39, 0.29) is 18.2 Å². The first-order valence-electron chi connectivity index (χ1n) is 6.79. The molecule has 7 heteroatoms. The summed E-state index contributed by atoms with van der Waals surface area (Å²) in [7, 11) is 0. The van der Waals surface area contributed by atoms with E-state index in [1.54, 1.807) is 18.2 Å². The van der Waals surface area contributed by atoms with Crippen LogP contribution in [0.1, 0.15) is 30.1 Å². The summed E-state index contributed by atoms with van der Waals surface area (Å²) in [6.07, 6.45) is 0.649. The Morgan fingerprint density at radius 2 is 2.19 bits per heavy atom. The minimum atomic E-state index is -0.558. The van der Waals surface area contributed by atoms with Crippen molar-refractivity contribution in [3.05, 3.63) is 23.8 Å². The molecule has 1 fully saturated rings. The highest BCUT2D eigenvalue weighted by atomic mass is 16.2. The predicted molar refractivity (Wildman–Crippen MR) is 78.7 cm³/mol.